The number of benzene rings is 1. The van der Waals surface area contributed by atoms with Crippen molar-refractivity contribution in [3.8, 4) is 0 Å². The van der Waals surface area contributed by atoms with Crippen LogP contribution in [0.4, 0.5) is 8.78 Å². The van der Waals surface area contributed by atoms with Crippen LogP contribution in [-0.2, 0) is 0 Å². The molecule has 0 heterocycles. The fourth-order valence-corrected chi connectivity index (χ4v) is 1.25. The van der Waals surface area contributed by atoms with Crippen LogP contribution >= 0.6 is 0 Å². The van der Waals surface area contributed by atoms with E-state index in [1.165, 1.54) is 13.0 Å². The van der Waals surface area contributed by atoms with Crippen LogP contribution in [0.15, 0.2) is 12.1 Å². The Bertz CT molecular complexity index is 326. The SMILES string of the molecule is Cc1ccc(F)c(C(O)CCO)c1F. The lowest BCUT2D eigenvalue weighted by Crippen LogP contribution is -2.07. The molecule has 2 nitrogen and oxygen atoms in total. The second-order valence-corrected chi connectivity index (χ2v) is 3.12. The lowest BCUT2D eigenvalue weighted by atomic mass is 10.0. The van der Waals surface area contributed by atoms with Crippen LogP contribution in [0.5, 0.6) is 0 Å². The molecule has 1 aromatic carbocycles. The van der Waals surface area contributed by atoms with Gasteiger partial charge in [-0.3, -0.25) is 0 Å². The molecule has 0 aromatic heterocycles. The van der Waals surface area contributed by atoms with Gasteiger partial charge in [0.2, 0.25) is 0 Å². The van der Waals surface area contributed by atoms with Crippen molar-refractivity contribution in [3.05, 3.63) is 34.9 Å². The highest BCUT2D eigenvalue weighted by molar-refractivity contribution is 5.28. The van der Waals surface area contributed by atoms with Crippen molar-refractivity contribution in [3.63, 3.8) is 0 Å². The van der Waals surface area contributed by atoms with E-state index in [0.29, 0.717) is 0 Å². The molecule has 4 heteroatoms. The lowest BCUT2D eigenvalue weighted by molar-refractivity contribution is 0.127. The van der Waals surface area contributed by atoms with Gasteiger partial charge in [-0.2, -0.15) is 0 Å². The van der Waals surface area contributed by atoms with E-state index in [2.05, 4.69) is 0 Å². The molecule has 1 rings (SSSR count). The maximum Gasteiger partial charge on any atom is 0.134 e. The number of rotatable bonds is 3. The van der Waals surface area contributed by atoms with Gasteiger partial charge >= 0.3 is 0 Å². The Hall–Kier alpha value is -1.00. The van der Waals surface area contributed by atoms with Crippen molar-refractivity contribution < 1.29 is 19.0 Å². The van der Waals surface area contributed by atoms with Crippen molar-refractivity contribution >= 4 is 0 Å². The molecule has 0 aliphatic carbocycles. The number of hydrogen-bond acceptors (Lipinski definition) is 2. The van der Waals surface area contributed by atoms with Crippen LogP contribution in [-0.4, -0.2) is 16.8 Å². The zero-order valence-corrected chi connectivity index (χ0v) is 7.80. The molecule has 0 aliphatic rings. The fraction of sp³-hybridized carbons (Fsp3) is 0.400. The minimum absolute atomic E-state index is 0.0721. The van der Waals surface area contributed by atoms with Crippen LogP contribution in [0.2, 0.25) is 0 Å². The quantitative estimate of drug-likeness (QED) is 0.783. The molecular formula is C10H12F2O2. The topological polar surface area (TPSA) is 40.5 Å². The first kappa shape index (κ1) is 11.1. The predicted molar refractivity (Wildman–Crippen MR) is 47.8 cm³/mol. The maximum atomic E-state index is 13.4. The van der Waals surface area contributed by atoms with E-state index in [-0.39, 0.29) is 24.2 Å². The van der Waals surface area contributed by atoms with Crippen LogP contribution in [0, 0.1) is 18.6 Å². The van der Waals surface area contributed by atoms with Crippen LogP contribution in [0.3, 0.4) is 0 Å². The summed E-state index contributed by atoms with van der Waals surface area (Å²) in [4.78, 5) is 0. The van der Waals surface area contributed by atoms with Gasteiger partial charge in [-0.15, -0.1) is 0 Å². The molecule has 1 unspecified atom stereocenters. The Balaban J connectivity index is 3.11. The largest absolute Gasteiger partial charge is 0.396 e. The first-order valence-electron chi connectivity index (χ1n) is 4.31. The van der Waals surface area contributed by atoms with Crippen LogP contribution in [0.1, 0.15) is 23.7 Å². The third kappa shape index (κ3) is 2.08. The number of aliphatic hydroxyl groups is 2. The average molecular weight is 202 g/mol. The van der Waals surface area contributed by atoms with Gasteiger partial charge in [0.15, 0.2) is 0 Å². The molecule has 0 amide bonds. The number of aliphatic hydroxyl groups excluding tert-OH is 2. The molecule has 0 bridgehead atoms. The molecule has 0 radical (unpaired) electrons. The Morgan fingerprint density at radius 3 is 2.57 bits per heavy atom. The molecule has 1 aromatic rings. The highest BCUT2D eigenvalue weighted by atomic mass is 19.1. The van der Waals surface area contributed by atoms with E-state index in [1.807, 2.05) is 0 Å². The van der Waals surface area contributed by atoms with Gasteiger partial charge in [0.05, 0.1) is 11.7 Å². The number of hydrogen-bond donors (Lipinski definition) is 2. The third-order valence-electron chi connectivity index (χ3n) is 2.06. The molecule has 0 fully saturated rings. The molecular weight excluding hydrogens is 190 g/mol. The van der Waals surface area contributed by atoms with Crippen molar-refractivity contribution in [1.29, 1.82) is 0 Å². The second-order valence-electron chi connectivity index (χ2n) is 3.12. The molecule has 0 aliphatic heterocycles. The smallest absolute Gasteiger partial charge is 0.134 e. The molecule has 0 saturated carbocycles. The summed E-state index contributed by atoms with van der Waals surface area (Å²) in [6, 6.07) is 2.41. The van der Waals surface area contributed by atoms with Crippen molar-refractivity contribution in [1.82, 2.24) is 0 Å². The van der Waals surface area contributed by atoms with E-state index < -0.39 is 17.7 Å². The van der Waals surface area contributed by atoms with Crippen LogP contribution in [0.25, 0.3) is 0 Å². The van der Waals surface area contributed by atoms with Gasteiger partial charge in [-0.1, -0.05) is 6.07 Å². The molecule has 78 valence electrons. The molecule has 2 N–H and O–H groups in total. The molecule has 14 heavy (non-hydrogen) atoms. The molecule has 1 atom stereocenters. The minimum Gasteiger partial charge on any atom is -0.396 e. The van der Waals surface area contributed by atoms with Crippen molar-refractivity contribution in [2.45, 2.75) is 19.4 Å². The van der Waals surface area contributed by atoms with Gasteiger partial charge < -0.3 is 10.2 Å². The zero-order valence-electron chi connectivity index (χ0n) is 7.80. The fourth-order valence-electron chi connectivity index (χ4n) is 1.25. The summed E-state index contributed by atoms with van der Waals surface area (Å²) in [5, 5.41) is 17.9. The Kier molecular flexibility index (Phi) is 3.55. The van der Waals surface area contributed by atoms with Gasteiger partial charge in [-0.05, 0) is 18.6 Å². The average Bonchev–Trinajstić information content (AvgIpc) is 2.13. The minimum atomic E-state index is -1.29. The van der Waals surface area contributed by atoms with Gasteiger partial charge in [0, 0.05) is 13.0 Å². The van der Waals surface area contributed by atoms with Gasteiger partial charge in [0.25, 0.3) is 0 Å². The Labute approximate surface area is 80.8 Å². The van der Waals surface area contributed by atoms with E-state index in [9.17, 15) is 13.9 Å². The monoisotopic (exact) mass is 202 g/mol. The van der Waals surface area contributed by atoms with Crippen LogP contribution < -0.4 is 0 Å². The summed E-state index contributed by atoms with van der Waals surface area (Å²) in [7, 11) is 0. The highest BCUT2D eigenvalue weighted by Gasteiger charge is 2.18. The zero-order chi connectivity index (χ0) is 10.7. The van der Waals surface area contributed by atoms with E-state index in [4.69, 9.17) is 5.11 Å². The first-order valence-corrected chi connectivity index (χ1v) is 4.31. The third-order valence-corrected chi connectivity index (χ3v) is 2.06. The lowest BCUT2D eigenvalue weighted by Gasteiger charge is -2.12. The highest BCUT2D eigenvalue weighted by Crippen LogP contribution is 2.24. The summed E-state index contributed by atoms with van der Waals surface area (Å²) < 4.78 is 26.5. The van der Waals surface area contributed by atoms with E-state index in [0.717, 1.165) is 6.07 Å². The van der Waals surface area contributed by atoms with E-state index in [1.54, 1.807) is 0 Å². The molecule has 0 saturated heterocycles. The van der Waals surface area contributed by atoms with Crippen molar-refractivity contribution in [2.75, 3.05) is 6.61 Å². The standard InChI is InChI=1S/C10H12F2O2/c1-6-2-3-7(11)9(10(6)12)8(14)4-5-13/h2-3,8,13-14H,4-5H2,1H3. The van der Waals surface area contributed by atoms with Gasteiger partial charge in [-0.25, -0.2) is 8.78 Å². The number of halogens is 2. The predicted octanol–water partition coefficient (Wildman–Crippen LogP) is 1.69. The summed E-state index contributed by atoms with van der Waals surface area (Å²) in [5.74, 6) is -1.53. The molecule has 0 spiro atoms. The summed E-state index contributed by atoms with van der Waals surface area (Å²) >= 11 is 0. The summed E-state index contributed by atoms with van der Waals surface area (Å²) in [6.45, 7) is 1.18. The second kappa shape index (κ2) is 4.48. The normalized spacial score (nSPS) is 12.9. The summed E-state index contributed by atoms with van der Waals surface area (Å²) in [5.41, 5.74) is -0.0857. The number of aryl methyl sites for hydroxylation is 1. The van der Waals surface area contributed by atoms with Gasteiger partial charge in [0.1, 0.15) is 11.6 Å². The Morgan fingerprint density at radius 2 is 2.00 bits per heavy atom. The maximum absolute atomic E-state index is 13.4. The Morgan fingerprint density at radius 1 is 1.36 bits per heavy atom. The van der Waals surface area contributed by atoms with E-state index >= 15 is 0 Å². The first-order chi connectivity index (χ1) is 6.57. The van der Waals surface area contributed by atoms with Crippen molar-refractivity contribution in [2.24, 2.45) is 0 Å². The summed E-state index contributed by atoms with van der Waals surface area (Å²) in [6.07, 6.45) is -1.36.